The van der Waals surface area contributed by atoms with Crippen LogP contribution in [0.25, 0.3) is 5.65 Å². The Bertz CT molecular complexity index is 695. The van der Waals surface area contributed by atoms with E-state index in [0.717, 1.165) is 0 Å². The number of ether oxygens (including phenoxy) is 1. The fourth-order valence-electron chi connectivity index (χ4n) is 1.97. The van der Waals surface area contributed by atoms with Crippen molar-refractivity contribution in [1.82, 2.24) is 19.9 Å². The Morgan fingerprint density at radius 2 is 2.10 bits per heavy atom. The number of fused-ring (bicyclic) bond motifs is 1. The van der Waals surface area contributed by atoms with Gasteiger partial charge in [0.1, 0.15) is 11.4 Å². The normalized spacial score (nSPS) is 13.7. The minimum Gasteiger partial charge on any atom is -0.467 e. The van der Waals surface area contributed by atoms with Crippen molar-refractivity contribution in [3.05, 3.63) is 29.7 Å². The molecule has 21 heavy (non-hydrogen) atoms. The summed E-state index contributed by atoms with van der Waals surface area (Å²) in [6, 6.07) is 3.35. The van der Waals surface area contributed by atoms with Gasteiger partial charge in [-0.3, -0.25) is 9.20 Å². The molecule has 0 unspecified atom stereocenters. The first-order valence-electron chi connectivity index (χ1n) is 6.63. The van der Waals surface area contributed by atoms with Crippen molar-refractivity contribution in [2.24, 2.45) is 0 Å². The number of aryl methyl sites for hydroxylation is 1. The maximum absolute atomic E-state index is 12.3. The molecule has 0 saturated heterocycles. The summed E-state index contributed by atoms with van der Waals surface area (Å²) in [5.74, 6) is -0.134. The van der Waals surface area contributed by atoms with E-state index in [1.54, 1.807) is 36.6 Å². The van der Waals surface area contributed by atoms with E-state index in [9.17, 15) is 9.59 Å². The van der Waals surface area contributed by atoms with E-state index in [2.05, 4.69) is 15.5 Å². The summed E-state index contributed by atoms with van der Waals surface area (Å²) in [5, 5.41) is 10.6. The molecule has 2 rings (SSSR count). The predicted octanol–water partition coefficient (Wildman–Crippen LogP) is 1.11. The van der Waals surface area contributed by atoms with Gasteiger partial charge in [-0.15, -0.1) is 10.2 Å². The molecular formula is C14H18N4O3. The molecule has 7 nitrogen and oxygen atoms in total. The molecule has 0 aliphatic rings. The minimum absolute atomic E-state index is 0.347. The fraction of sp³-hybridized carbons (Fsp3) is 0.429. The SMILES string of the molecule is CC[C@](C)(NC(=O)c1ccc2nnc(C)n2c1)C(=O)OC. The number of hydrogen-bond donors (Lipinski definition) is 1. The van der Waals surface area contributed by atoms with Gasteiger partial charge in [-0.25, -0.2) is 4.79 Å². The molecule has 0 radical (unpaired) electrons. The van der Waals surface area contributed by atoms with E-state index >= 15 is 0 Å². The van der Waals surface area contributed by atoms with Gasteiger partial charge in [-0.1, -0.05) is 6.92 Å². The summed E-state index contributed by atoms with van der Waals surface area (Å²) in [4.78, 5) is 24.1. The van der Waals surface area contributed by atoms with Crippen molar-refractivity contribution in [1.29, 1.82) is 0 Å². The molecule has 2 aromatic heterocycles. The number of esters is 1. The standard InChI is InChI=1S/C14H18N4O3/c1-5-14(3,13(20)21-4)15-12(19)10-6-7-11-17-16-9(2)18(11)8-10/h6-8H,5H2,1-4H3,(H,15,19)/t14-/m0/s1. The molecule has 1 N–H and O–H groups in total. The lowest BCUT2D eigenvalue weighted by Gasteiger charge is -2.26. The predicted molar refractivity (Wildman–Crippen MR) is 75.9 cm³/mol. The molecule has 0 aliphatic heterocycles. The molecule has 112 valence electrons. The Morgan fingerprint density at radius 3 is 2.71 bits per heavy atom. The second-order valence-electron chi connectivity index (χ2n) is 5.02. The second-order valence-corrected chi connectivity index (χ2v) is 5.02. The van der Waals surface area contributed by atoms with E-state index in [0.29, 0.717) is 23.5 Å². The zero-order valence-corrected chi connectivity index (χ0v) is 12.5. The summed E-state index contributed by atoms with van der Waals surface area (Å²) in [6.07, 6.45) is 2.08. The molecular weight excluding hydrogens is 272 g/mol. The van der Waals surface area contributed by atoms with Crippen molar-refractivity contribution in [3.63, 3.8) is 0 Å². The van der Waals surface area contributed by atoms with Crippen LogP contribution in [0.5, 0.6) is 0 Å². The van der Waals surface area contributed by atoms with E-state index < -0.39 is 11.5 Å². The highest BCUT2D eigenvalue weighted by molar-refractivity contribution is 5.98. The molecule has 0 fully saturated rings. The number of aromatic nitrogens is 3. The summed E-state index contributed by atoms with van der Waals surface area (Å²) in [6.45, 7) is 5.25. The van der Waals surface area contributed by atoms with E-state index in [4.69, 9.17) is 4.74 Å². The van der Waals surface area contributed by atoms with Crippen molar-refractivity contribution in [2.45, 2.75) is 32.7 Å². The Labute approximate surface area is 122 Å². The van der Waals surface area contributed by atoms with Gasteiger partial charge >= 0.3 is 5.97 Å². The minimum atomic E-state index is -1.05. The monoisotopic (exact) mass is 290 g/mol. The van der Waals surface area contributed by atoms with Gasteiger partial charge in [0.2, 0.25) is 0 Å². The number of amides is 1. The Balaban J connectivity index is 2.29. The Kier molecular flexibility index (Phi) is 3.93. The highest BCUT2D eigenvalue weighted by Crippen LogP contribution is 2.14. The van der Waals surface area contributed by atoms with E-state index in [1.165, 1.54) is 7.11 Å². The lowest BCUT2D eigenvalue weighted by molar-refractivity contribution is -0.147. The second kappa shape index (κ2) is 5.51. The number of carbonyl (C=O) groups excluding carboxylic acids is 2. The smallest absolute Gasteiger partial charge is 0.331 e. The highest BCUT2D eigenvalue weighted by Gasteiger charge is 2.34. The number of carbonyl (C=O) groups is 2. The first-order valence-corrected chi connectivity index (χ1v) is 6.63. The van der Waals surface area contributed by atoms with Crippen molar-refractivity contribution < 1.29 is 14.3 Å². The topological polar surface area (TPSA) is 85.6 Å². The van der Waals surface area contributed by atoms with Gasteiger partial charge < -0.3 is 10.1 Å². The number of pyridine rings is 1. The Morgan fingerprint density at radius 1 is 1.38 bits per heavy atom. The summed E-state index contributed by atoms with van der Waals surface area (Å²) >= 11 is 0. The van der Waals surface area contributed by atoms with Gasteiger partial charge in [0.15, 0.2) is 5.65 Å². The van der Waals surface area contributed by atoms with Crippen molar-refractivity contribution in [3.8, 4) is 0 Å². The molecule has 0 bridgehead atoms. The van der Waals surface area contributed by atoms with Crippen LogP contribution in [0.2, 0.25) is 0 Å². The molecule has 0 aliphatic carbocycles. The molecule has 2 heterocycles. The lowest BCUT2D eigenvalue weighted by Crippen LogP contribution is -2.52. The first-order chi connectivity index (χ1) is 9.91. The molecule has 0 saturated carbocycles. The number of methoxy groups -OCH3 is 1. The molecule has 2 aromatic rings. The zero-order valence-electron chi connectivity index (χ0n) is 12.5. The third-order valence-corrected chi connectivity index (χ3v) is 3.57. The fourth-order valence-corrected chi connectivity index (χ4v) is 1.97. The van der Waals surface area contributed by atoms with Gasteiger partial charge in [0.05, 0.1) is 12.7 Å². The number of rotatable bonds is 4. The van der Waals surface area contributed by atoms with Crippen LogP contribution in [0.15, 0.2) is 18.3 Å². The molecule has 0 spiro atoms. The van der Waals surface area contributed by atoms with Crippen LogP contribution in [0.4, 0.5) is 0 Å². The van der Waals surface area contributed by atoms with Crippen LogP contribution < -0.4 is 5.32 Å². The van der Waals surface area contributed by atoms with Gasteiger partial charge in [-0.05, 0) is 32.4 Å². The molecule has 1 atom stereocenters. The largest absolute Gasteiger partial charge is 0.467 e. The summed E-state index contributed by atoms with van der Waals surface area (Å²) in [5.41, 5.74) is 0.0347. The third-order valence-electron chi connectivity index (χ3n) is 3.57. The summed E-state index contributed by atoms with van der Waals surface area (Å²) in [7, 11) is 1.30. The highest BCUT2D eigenvalue weighted by atomic mass is 16.5. The van der Waals surface area contributed by atoms with Gasteiger partial charge in [0.25, 0.3) is 5.91 Å². The zero-order chi connectivity index (χ0) is 15.6. The maximum atomic E-state index is 12.3. The quantitative estimate of drug-likeness (QED) is 0.852. The van der Waals surface area contributed by atoms with E-state index in [1.807, 2.05) is 6.92 Å². The van der Waals surface area contributed by atoms with Crippen LogP contribution in [0, 0.1) is 6.92 Å². The number of nitrogens with zero attached hydrogens (tertiary/aromatic N) is 3. The molecule has 7 heteroatoms. The number of hydrogen-bond acceptors (Lipinski definition) is 5. The van der Waals surface area contributed by atoms with Crippen LogP contribution in [0.3, 0.4) is 0 Å². The average molecular weight is 290 g/mol. The van der Waals surface area contributed by atoms with Gasteiger partial charge in [-0.2, -0.15) is 0 Å². The van der Waals surface area contributed by atoms with Crippen molar-refractivity contribution >= 4 is 17.5 Å². The van der Waals surface area contributed by atoms with Crippen LogP contribution in [0.1, 0.15) is 36.5 Å². The van der Waals surface area contributed by atoms with Crippen molar-refractivity contribution in [2.75, 3.05) is 7.11 Å². The van der Waals surface area contributed by atoms with Crippen LogP contribution in [-0.4, -0.2) is 39.1 Å². The maximum Gasteiger partial charge on any atom is 0.331 e. The Hall–Kier alpha value is -2.44. The lowest BCUT2D eigenvalue weighted by atomic mass is 9.98. The van der Waals surface area contributed by atoms with Crippen LogP contribution in [-0.2, 0) is 9.53 Å². The molecule has 1 amide bonds. The number of nitrogens with one attached hydrogen (secondary N) is 1. The third kappa shape index (κ3) is 2.72. The summed E-state index contributed by atoms with van der Waals surface area (Å²) < 4.78 is 6.46. The van der Waals surface area contributed by atoms with Gasteiger partial charge in [0, 0.05) is 6.20 Å². The van der Waals surface area contributed by atoms with Crippen LogP contribution >= 0.6 is 0 Å². The average Bonchev–Trinajstić information content (AvgIpc) is 2.87. The first kappa shape index (κ1) is 15.0. The molecule has 0 aromatic carbocycles. The van der Waals surface area contributed by atoms with E-state index in [-0.39, 0.29) is 5.91 Å².